The lowest BCUT2D eigenvalue weighted by molar-refractivity contribution is -0.384. The number of nitrogens with zero attached hydrogens (tertiary/aromatic N) is 3. The first kappa shape index (κ1) is 28.1. The van der Waals surface area contributed by atoms with E-state index in [1.54, 1.807) is 21.9 Å². The third kappa shape index (κ3) is 6.74. The number of piperazine rings is 1. The quantitative estimate of drug-likeness (QED) is 0.330. The zero-order valence-corrected chi connectivity index (χ0v) is 22.6. The molecule has 0 spiro atoms. The number of benzene rings is 3. The normalized spacial score (nSPS) is 15.9. The number of carbonyl (C=O) groups excluding carboxylic acids is 3. The zero-order chi connectivity index (χ0) is 28.1. The smallest absolute Gasteiger partial charge is 0.269 e. The molecule has 1 saturated heterocycles. The average molecular weight is 569 g/mol. The Balaban J connectivity index is 1.49. The Morgan fingerprint density at radius 3 is 2.33 bits per heavy atom. The summed E-state index contributed by atoms with van der Waals surface area (Å²) in [6.45, 7) is 2.69. The van der Waals surface area contributed by atoms with Crippen molar-refractivity contribution in [2.24, 2.45) is 0 Å². The van der Waals surface area contributed by atoms with Crippen LogP contribution < -0.4 is 5.32 Å². The molecule has 0 aromatic heterocycles. The van der Waals surface area contributed by atoms with Crippen molar-refractivity contribution in [2.45, 2.75) is 25.4 Å². The number of rotatable bonds is 7. The Hall–Kier alpha value is -3.95. The van der Waals surface area contributed by atoms with Gasteiger partial charge in [-0.2, -0.15) is 0 Å². The Kier molecular flexibility index (Phi) is 8.83. The maximum Gasteiger partial charge on any atom is 0.269 e. The highest BCUT2D eigenvalue weighted by molar-refractivity contribution is 6.36. The molecule has 3 aromatic carbocycles. The fourth-order valence-electron chi connectivity index (χ4n) is 4.52. The van der Waals surface area contributed by atoms with Gasteiger partial charge in [0, 0.05) is 54.8 Å². The largest absolute Gasteiger partial charge is 0.340 e. The molecular formula is C28H26Cl2N4O5. The molecule has 1 heterocycles. The summed E-state index contributed by atoms with van der Waals surface area (Å²) in [4.78, 5) is 53.6. The van der Waals surface area contributed by atoms with E-state index in [1.807, 2.05) is 37.3 Å². The van der Waals surface area contributed by atoms with E-state index in [2.05, 4.69) is 5.32 Å². The summed E-state index contributed by atoms with van der Waals surface area (Å²) in [7, 11) is 0. The minimum absolute atomic E-state index is 0.134. The standard InChI is InChI=1S/C28H26Cl2N4O5/c1-18-17-32(13-14-33(18)27(36)23-12-9-21(29)16-24(23)30)28(37)25(15-19-5-3-2-4-6-19)31-26(35)20-7-10-22(11-8-20)34(38)39/h2-12,16,18,25H,13-15,17H2,1H3,(H,31,35)/t18-,25+/m1/s1. The maximum atomic E-state index is 13.7. The van der Waals surface area contributed by atoms with Crippen LogP contribution in [0, 0.1) is 10.1 Å². The van der Waals surface area contributed by atoms with Gasteiger partial charge in [-0.25, -0.2) is 0 Å². The molecule has 0 unspecified atom stereocenters. The Morgan fingerprint density at radius 2 is 1.72 bits per heavy atom. The van der Waals surface area contributed by atoms with Crippen LogP contribution in [0.1, 0.15) is 33.2 Å². The number of nitro benzene ring substituents is 1. The average Bonchev–Trinajstić information content (AvgIpc) is 2.92. The number of nitro groups is 1. The molecule has 3 aromatic rings. The molecule has 3 amide bonds. The molecule has 1 fully saturated rings. The van der Waals surface area contributed by atoms with Crippen molar-refractivity contribution in [1.82, 2.24) is 15.1 Å². The lowest BCUT2D eigenvalue weighted by Gasteiger charge is -2.41. The molecule has 1 aliphatic rings. The van der Waals surface area contributed by atoms with Crippen molar-refractivity contribution in [2.75, 3.05) is 19.6 Å². The lowest BCUT2D eigenvalue weighted by Crippen LogP contribution is -2.59. The summed E-state index contributed by atoms with van der Waals surface area (Å²) in [6.07, 6.45) is 0.256. The zero-order valence-electron chi connectivity index (χ0n) is 21.1. The summed E-state index contributed by atoms with van der Waals surface area (Å²) in [5, 5.41) is 14.4. The maximum absolute atomic E-state index is 13.7. The predicted octanol–water partition coefficient (Wildman–Crippen LogP) is 4.62. The molecule has 0 saturated carbocycles. The van der Waals surface area contributed by atoms with E-state index in [0.29, 0.717) is 17.1 Å². The van der Waals surface area contributed by atoms with Crippen molar-refractivity contribution in [3.05, 3.63) is 110 Å². The van der Waals surface area contributed by atoms with Gasteiger partial charge in [0.2, 0.25) is 5.91 Å². The monoisotopic (exact) mass is 568 g/mol. The molecule has 39 heavy (non-hydrogen) atoms. The fourth-order valence-corrected chi connectivity index (χ4v) is 5.01. The first-order valence-electron chi connectivity index (χ1n) is 12.3. The molecule has 0 aliphatic carbocycles. The third-order valence-electron chi connectivity index (χ3n) is 6.59. The van der Waals surface area contributed by atoms with Gasteiger partial charge in [-0.1, -0.05) is 53.5 Å². The van der Waals surface area contributed by atoms with E-state index >= 15 is 0 Å². The molecule has 1 N–H and O–H groups in total. The van der Waals surface area contributed by atoms with Crippen LogP contribution in [-0.2, 0) is 11.2 Å². The van der Waals surface area contributed by atoms with E-state index in [-0.39, 0.29) is 53.6 Å². The summed E-state index contributed by atoms with van der Waals surface area (Å²) in [6, 6.07) is 18.0. The van der Waals surface area contributed by atoms with Crippen molar-refractivity contribution in [1.29, 1.82) is 0 Å². The van der Waals surface area contributed by atoms with Gasteiger partial charge >= 0.3 is 0 Å². The second-order valence-corrected chi connectivity index (χ2v) is 10.1. The van der Waals surface area contributed by atoms with Crippen LogP contribution in [-0.4, -0.2) is 64.2 Å². The van der Waals surface area contributed by atoms with E-state index < -0.39 is 16.9 Å². The highest BCUT2D eigenvalue weighted by Crippen LogP contribution is 2.24. The Bertz CT molecular complexity index is 1380. The number of nitrogens with one attached hydrogen (secondary N) is 1. The third-order valence-corrected chi connectivity index (χ3v) is 7.14. The lowest BCUT2D eigenvalue weighted by atomic mass is 10.0. The molecule has 9 nitrogen and oxygen atoms in total. The number of carbonyl (C=O) groups is 3. The van der Waals surface area contributed by atoms with Crippen LogP contribution >= 0.6 is 23.2 Å². The molecule has 0 bridgehead atoms. The van der Waals surface area contributed by atoms with Crippen molar-refractivity contribution < 1.29 is 19.3 Å². The van der Waals surface area contributed by atoms with Gasteiger partial charge in [-0.15, -0.1) is 0 Å². The molecule has 202 valence electrons. The van der Waals surface area contributed by atoms with Crippen LogP contribution in [0.3, 0.4) is 0 Å². The fraction of sp³-hybridized carbons (Fsp3) is 0.250. The first-order chi connectivity index (χ1) is 18.6. The number of hydrogen-bond donors (Lipinski definition) is 1. The van der Waals surface area contributed by atoms with Crippen molar-refractivity contribution in [3.63, 3.8) is 0 Å². The summed E-state index contributed by atoms with van der Waals surface area (Å²) in [5.41, 5.74) is 1.27. The molecule has 1 aliphatic heterocycles. The number of hydrogen-bond acceptors (Lipinski definition) is 5. The SMILES string of the molecule is C[C@@H]1CN(C(=O)[C@H](Cc2ccccc2)NC(=O)c2ccc([N+](=O)[O-])cc2)CCN1C(=O)c1ccc(Cl)cc1Cl. The van der Waals surface area contributed by atoms with Crippen molar-refractivity contribution in [3.8, 4) is 0 Å². The molecule has 0 radical (unpaired) electrons. The topological polar surface area (TPSA) is 113 Å². The highest BCUT2D eigenvalue weighted by Gasteiger charge is 2.34. The van der Waals surface area contributed by atoms with Gasteiger partial charge in [0.05, 0.1) is 15.5 Å². The van der Waals surface area contributed by atoms with Crippen LogP contribution in [0.5, 0.6) is 0 Å². The van der Waals surface area contributed by atoms with Crippen LogP contribution in [0.25, 0.3) is 0 Å². The Morgan fingerprint density at radius 1 is 1.03 bits per heavy atom. The van der Waals surface area contributed by atoms with Crippen molar-refractivity contribution >= 4 is 46.6 Å². The van der Waals surface area contributed by atoms with Gasteiger partial charge in [0.15, 0.2) is 0 Å². The number of non-ortho nitro benzene ring substituents is 1. The molecule has 4 rings (SSSR count). The van der Waals surface area contributed by atoms with E-state index in [0.717, 1.165) is 5.56 Å². The molecule has 2 atom stereocenters. The van der Waals surface area contributed by atoms with Crippen LogP contribution in [0.15, 0.2) is 72.8 Å². The van der Waals surface area contributed by atoms with Gasteiger partial charge < -0.3 is 15.1 Å². The van der Waals surface area contributed by atoms with Crippen LogP contribution in [0.2, 0.25) is 10.0 Å². The van der Waals surface area contributed by atoms with Gasteiger partial charge in [0.25, 0.3) is 17.5 Å². The summed E-state index contributed by atoms with van der Waals surface area (Å²) >= 11 is 12.2. The second kappa shape index (κ2) is 12.3. The van der Waals surface area contributed by atoms with Crippen LogP contribution in [0.4, 0.5) is 5.69 Å². The summed E-state index contributed by atoms with van der Waals surface area (Å²) in [5.74, 6) is -1.04. The second-order valence-electron chi connectivity index (χ2n) is 9.28. The molecule has 11 heteroatoms. The Labute approximate surface area is 235 Å². The predicted molar refractivity (Wildman–Crippen MR) is 148 cm³/mol. The van der Waals surface area contributed by atoms with E-state index in [1.165, 1.54) is 30.3 Å². The van der Waals surface area contributed by atoms with Gasteiger partial charge in [0.1, 0.15) is 6.04 Å². The minimum atomic E-state index is -0.879. The minimum Gasteiger partial charge on any atom is -0.340 e. The highest BCUT2D eigenvalue weighted by atomic mass is 35.5. The van der Waals surface area contributed by atoms with Gasteiger partial charge in [-0.05, 0) is 42.8 Å². The van der Waals surface area contributed by atoms with E-state index in [4.69, 9.17) is 23.2 Å². The molecular weight excluding hydrogens is 543 g/mol. The van der Waals surface area contributed by atoms with Gasteiger partial charge in [-0.3, -0.25) is 24.5 Å². The number of amides is 3. The number of halogens is 2. The first-order valence-corrected chi connectivity index (χ1v) is 13.0. The van der Waals surface area contributed by atoms with E-state index in [9.17, 15) is 24.5 Å². The summed E-state index contributed by atoms with van der Waals surface area (Å²) < 4.78 is 0.